The van der Waals surface area contributed by atoms with Gasteiger partial charge in [-0.25, -0.2) is 0 Å². The van der Waals surface area contributed by atoms with Crippen molar-refractivity contribution in [3.63, 3.8) is 0 Å². The first-order valence-corrected chi connectivity index (χ1v) is 9.69. The van der Waals surface area contributed by atoms with Crippen LogP contribution in [0.4, 0.5) is 0 Å². The predicted octanol–water partition coefficient (Wildman–Crippen LogP) is 1.98. The summed E-state index contributed by atoms with van der Waals surface area (Å²) in [6.07, 6.45) is 0. The summed E-state index contributed by atoms with van der Waals surface area (Å²) in [5, 5.41) is 5.92. The third-order valence-electron chi connectivity index (χ3n) is 5.08. The maximum absolute atomic E-state index is 12.8. The van der Waals surface area contributed by atoms with E-state index in [1.165, 1.54) is 0 Å². The van der Waals surface area contributed by atoms with Gasteiger partial charge in [-0.3, -0.25) is 14.5 Å². The third kappa shape index (κ3) is 6.04. The van der Waals surface area contributed by atoms with E-state index < -0.39 is 6.04 Å². The van der Waals surface area contributed by atoms with Crippen molar-refractivity contribution in [2.24, 2.45) is 5.92 Å². The molecule has 2 N–H and O–H groups in total. The normalized spacial score (nSPS) is 16.8. The van der Waals surface area contributed by atoms with Crippen LogP contribution in [-0.2, 0) is 9.53 Å². The number of ether oxygens (including phenoxy) is 1. The van der Waals surface area contributed by atoms with Gasteiger partial charge >= 0.3 is 0 Å². The highest BCUT2D eigenvalue weighted by atomic mass is 16.5. The quantitative estimate of drug-likeness (QED) is 0.764. The number of nitrogens with zero attached hydrogens (tertiary/aromatic N) is 1. The maximum Gasteiger partial charge on any atom is 0.251 e. The van der Waals surface area contributed by atoms with Crippen LogP contribution in [0, 0.1) is 12.8 Å². The fourth-order valence-corrected chi connectivity index (χ4v) is 3.24. The SMILES string of the molecule is Cc1cccc(C(=O)NC(C(=O)NCC(C)(C)N2CCOCC2)C(C)C)c1. The maximum atomic E-state index is 12.8. The first-order chi connectivity index (χ1) is 12.7. The molecule has 2 amide bonds. The van der Waals surface area contributed by atoms with Crippen molar-refractivity contribution in [1.29, 1.82) is 0 Å². The minimum absolute atomic E-state index is 0.00902. The Labute approximate surface area is 162 Å². The Bertz CT molecular complexity index is 652. The van der Waals surface area contributed by atoms with E-state index in [1.807, 2.05) is 39.0 Å². The first-order valence-electron chi connectivity index (χ1n) is 9.69. The number of hydrogen-bond donors (Lipinski definition) is 2. The van der Waals surface area contributed by atoms with Crippen LogP contribution in [0.25, 0.3) is 0 Å². The predicted molar refractivity (Wildman–Crippen MR) is 107 cm³/mol. The van der Waals surface area contributed by atoms with Crippen molar-refractivity contribution >= 4 is 11.8 Å². The standard InChI is InChI=1S/C21H33N3O3/c1-15(2)18(23-19(25)17-8-6-7-16(3)13-17)20(26)22-14-21(4,5)24-9-11-27-12-10-24/h6-8,13,15,18H,9-12,14H2,1-5H3,(H,22,26)(H,23,25). The molecule has 1 unspecified atom stereocenters. The second-order valence-corrected chi connectivity index (χ2v) is 8.19. The number of hydrogen-bond acceptors (Lipinski definition) is 4. The Morgan fingerprint density at radius 3 is 2.48 bits per heavy atom. The molecule has 1 aromatic carbocycles. The second kappa shape index (κ2) is 9.33. The molecule has 1 heterocycles. The number of carbonyl (C=O) groups is 2. The van der Waals surface area contributed by atoms with E-state index in [9.17, 15) is 9.59 Å². The molecular formula is C21H33N3O3. The van der Waals surface area contributed by atoms with Crippen molar-refractivity contribution in [1.82, 2.24) is 15.5 Å². The molecule has 0 radical (unpaired) electrons. The largest absolute Gasteiger partial charge is 0.379 e. The lowest BCUT2D eigenvalue weighted by Crippen LogP contribution is -2.58. The average Bonchev–Trinajstić information content (AvgIpc) is 2.64. The van der Waals surface area contributed by atoms with Gasteiger partial charge in [0.25, 0.3) is 5.91 Å². The van der Waals surface area contributed by atoms with E-state index in [4.69, 9.17) is 4.74 Å². The van der Waals surface area contributed by atoms with Gasteiger partial charge in [0.15, 0.2) is 0 Å². The number of nitrogens with one attached hydrogen (secondary N) is 2. The van der Waals surface area contributed by atoms with E-state index in [-0.39, 0.29) is 23.3 Å². The number of morpholine rings is 1. The fourth-order valence-electron chi connectivity index (χ4n) is 3.24. The molecule has 0 aromatic heterocycles. The molecule has 1 saturated heterocycles. The molecule has 1 aliphatic heterocycles. The molecule has 2 rings (SSSR count). The van der Waals surface area contributed by atoms with Gasteiger partial charge in [0.2, 0.25) is 5.91 Å². The van der Waals surface area contributed by atoms with E-state index >= 15 is 0 Å². The van der Waals surface area contributed by atoms with Gasteiger partial charge < -0.3 is 15.4 Å². The lowest BCUT2D eigenvalue weighted by Gasteiger charge is -2.41. The number of amides is 2. The molecule has 0 spiro atoms. The second-order valence-electron chi connectivity index (χ2n) is 8.19. The summed E-state index contributed by atoms with van der Waals surface area (Å²) in [5.74, 6) is -0.377. The Morgan fingerprint density at radius 2 is 1.89 bits per heavy atom. The van der Waals surface area contributed by atoms with Gasteiger partial charge in [-0.1, -0.05) is 31.5 Å². The van der Waals surface area contributed by atoms with Gasteiger partial charge in [0.1, 0.15) is 6.04 Å². The van der Waals surface area contributed by atoms with E-state index in [2.05, 4.69) is 29.4 Å². The van der Waals surface area contributed by atoms with E-state index in [0.29, 0.717) is 12.1 Å². The smallest absolute Gasteiger partial charge is 0.251 e. The molecule has 1 aromatic rings. The summed E-state index contributed by atoms with van der Waals surface area (Å²) in [7, 11) is 0. The van der Waals surface area contributed by atoms with Crippen LogP contribution < -0.4 is 10.6 Å². The zero-order valence-electron chi connectivity index (χ0n) is 17.2. The highest BCUT2D eigenvalue weighted by Gasteiger charge is 2.31. The van der Waals surface area contributed by atoms with Gasteiger partial charge in [0, 0.05) is 30.7 Å². The van der Waals surface area contributed by atoms with Crippen molar-refractivity contribution in [3.8, 4) is 0 Å². The van der Waals surface area contributed by atoms with Crippen molar-refractivity contribution in [3.05, 3.63) is 35.4 Å². The van der Waals surface area contributed by atoms with Gasteiger partial charge in [-0.15, -0.1) is 0 Å². The number of aryl methyl sites for hydroxylation is 1. The summed E-state index contributed by atoms with van der Waals surface area (Å²) in [6, 6.07) is 6.81. The van der Waals surface area contributed by atoms with E-state index in [0.717, 1.165) is 31.9 Å². The van der Waals surface area contributed by atoms with E-state index in [1.54, 1.807) is 6.07 Å². The minimum Gasteiger partial charge on any atom is -0.379 e. The van der Waals surface area contributed by atoms with Crippen LogP contribution in [0.5, 0.6) is 0 Å². The molecule has 0 bridgehead atoms. The summed E-state index contributed by atoms with van der Waals surface area (Å²) in [6.45, 7) is 13.7. The molecule has 150 valence electrons. The molecule has 1 fully saturated rings. The lowest BCUT2D eigenvalue weighted by atomic mass is 9.99. The molecule has 0 saturated carbocycles. The average molecular weight is 376 g/mol. The number of rotatable bonds is 7. The molecule has 1 aliphatic rings. The van der Waals surface area contributed by atoms with Gasteiger partial charge in [-0.05, 0) is 38.8 Å². The molecular weight excluding hydrogens is 342 g/mol. The van der Waals surface area contributed by atoms with Crippen molar-refractivity contribution in [2.45, 2.75) is 46.2 Å². The summed E-state index contributed by atoms with van der Waals surface area (Å²) >= 11 is 0. The molecule has 27 heavy (non-hydrogen) atoms. The van der Waals surface area contributed by atoms with Gasteiger partial charge in [-0.2, -0.15) is 0 Å². The highest BCUT2D eigenvalue weighted by Crippen LogP contribution is 2.15. The minimum atomic E-state index is -0.571. The lowest BCUT2D eigenvalue weighted by molar-refractivity contribution is -0.124. The van der Waals surface area contributed by atoms with Crippen LogP contribution in [-0.4, -0.2) is 61.1 Å². The summed E-state index contributed by atoms with van der Waals surface area (Å²) in [4.78, 5) is 27.7. The third-order valence-corrected chi connectivity index (χ3v) is 5.08. The Kier molecular flexibility index (Phi) is 7.39. The van der Waals surface area contributed by atoms with Crippen LogP contribution in [0.1, 0.15) is 43.6 Å². The number of benzene rings is 1. The Morgan fingerprint density at radius 1 is 1.22 bits per heavy atom. The van der Waals surface area contributed by atoms with Crippen molar-refractivity contribution < 1.29 is 14.3 Å². The van der Waals surface area contributed by atoms with Crippen molar-refractivity contribution in [2.75, 3.05) is 32.8 Å². The Hall–Kier alpha value is -1.92. The van der Waals surface area contributed by atoms with Crippen LogP contribution >= 0.6 is 0 Å². The summed E-state index contributed by atoms with van der Waals surface area (Å²) < 4.78 is 5.41. The van der Waals surface area contributed by atoms with Crippen LogP contribution in [0.15, 0.2) is 24.3 Å². The van der Waals surface area contributed by atoms with Crippen LogP contribution in [0.3, 0.4) is 0 Å². The topological polar surface area (TPSA) is 70.7 Å². The Balaban J connectivity index is 1.97. The zero-order valence-corrected chi connectivity index (χ0v) is 17.2. The number of carbonyl (C=O) groups excluding carboxylic acids is 2. The first kappa shape index (κ1) is 21.4. The summed E-state index contributed by atoms with van der Waals surface area (Å²) in [5.41, 5.74) is 1.42. The van der Waals surface area contributed by atoms with Crippen LogP contribution in [0.2, 0.25) is 0 Å². The molecule has 1 atom stereocenters. The molecule has 0 aliphatic carbocycles. The molecule has 6 heteroatoms. The zero-order chi connectivity index (χ0) is 20.0. The fraction of sp³-hybridized carbons (Fsp3) is 0.619. The monoisotopic (exact) mass is 375 g/mol. The highest BCUT2D eigenvalue weighted by molar-refractivity contribution is 5.97. The van der Waals surface area contributed by atoms with Gasteiger partial charge in [0.05, 0.1) is 13.2 Å². The molecule has 6 nitrogen and oxygen atoms in total.